The lowest BCUT2D eigenvalue weighted by molar-refractivity contribution is 0.0809. The first-order valence-electron chi connectivity index (χ1n) is 10.4. The number of thiophene rings is 1. The predicted molar refractivity (Wildman–Crippen MR) is 121 cm³/mol. The van der Waals surface area contributed by atoms with Crippen LogP contribution in [0.15, 0.2) is 66.2 Å². The van der Waals surface area contributed by atoms with Crippen molar-refractivity contribution in [1.29, 1.82) is 0 Å². The molecule has 4 aromatic rings. The van der Waals surface area contributed by atoms with E-state index in [1.165, 1.54) is 4.88 Å². The van der Waals surface area contributed by atoms with E-state index in [1.807, 2.05) is 59.4 Å². The normalized spacial score (nSPS) is 15.2. The van der Waals surface area contributed by atoms with E-state index >= 15 is 0 Å². The second kappa shape index (κ2) is 8.81. The van der Waals surface area contributed by atoms with E-state index in [4.69, 9.17) is 9.47 Å². The van der Waals surface area contributed by atoms with Gasteiger partial charge in [-0.15, -0.1) is 11.3 Å². The molecule has 1 N–H and O–H groups in total. The van der Waals surface area contributed by atoms with Crippen LogP contribution < -0.4 is 14.8 Å². The van der Waals surface area contributed by atoms with Crippen LogP contribution in [-0.4, -0.2) is 34.9 Å². The van der Waals surface area contributed by atoms with E-state index in [0.717, 1.165) is 35.2 Å². The summed E-state index contributed by atoms with van der Waals surface area (Å²) in [5.41, 5.74) is 1.53. The summed E-state index contributed by atoms with van der Waals surface area (Å²) in [5.74, 6) is 1.53. The number of hydrogen-bond donors (Lipinski definition) is 1. The van der Waals surface area contributed by atoms with Crippen LogP contribution in [0.25, 0.3) is 10.9 Å². The molecular formula is C24H23N3O3S. The molecule has 158 valence electrons. The van der Waals surface area contributed by atoms with Crippen LogP contribution in [0.2, 0.25) is 0 Å². The van der Waals surface area contributed by atoms with Gasteiger partial charge in [0, 0.05) is 41.5 Å². The van der Waals surface area contributed by atoms with Crippen molar-refractivity contribution in [3.8, 4) is 11.5 Å². The Morgan fingerprint density at radius 3 is 2.94 bits per heavy atom. The number of para-hydroxylation sites is 2. The van der Waals surface area contributed by atoms with Crippen molar-refractivity contribution in [2.45, 2.75) is 25.5 Å². The Morgan fingerprint density at radius 1 is 1.16 bits per heavy atom. The number of aryl methyl sites for hydroxylation is 1. The molecule has 1 unspecified atom stereocenters. The summed E-state index contributed by atoms with van der Waals surface area (Å²) in [5, 5.41) is 10.6. The number of rotatable bonds is 7. The fourth-order valence-corrected chi connectivity index (χ4v) is 4.38. The Morgan fingerprint density at radius 2 is 2.06 bits per heavy atom. The SMILES string of the molecule is O=C(NCCc1cccs1)c1ccc2nn(CCC3COc4ccccc4O3)cc2c1. The third kappa shape index (κ3) is 4.56. The van der Waals surface area contributed by atoms with E-state index < -0.39 is 0 Å². The summed E-state index contributed by atoms with van der Waals surface area (Å²) < 4.78 is 13.7. The van der Waals surface area contributed by atoms with Crippen LogP contribution in [0.4, 0.5) is 0 Å². The van der Waals surface area contributed by atoms with E-state index in [9.17, 15) is 4.79 Å². The molecule has 3 heterocycles. The number of benzene rings is 2. The Hall–Kier alpha value is -3.32. The molecule has 0 spiro atoms. The molecule has 1 aliphatic rings. The number of carbonyl (C=O) groups is 1. The molecule has 0 radical (unpaired) electrons. The molecular weight excluding hydrogens is 410 g/mol. The van der Waals surface area contributed by atoms with Crippen LogP contribution in [0.5, 0.6) is 11.5 Å². The number of fused-ring (bicyclic) bond motifs is 2. The molecule has 2 aromatic heterocycles. The Kier molecular flexibility index (Phi) is 5.58. The average molecular weight is 434 g/mol. The maximum absolute atomic E-state index is 12.5. The number of ether oxygens (including phenoxy) is 2. The fourth-order valence-electron chi connectivity index (χ4n) is 3.67. The lowest BCUT2D eigenvalue weighted by Crippen LogP contribution is -2.30. The van der Waals surface area contributed by atoms with Crippen molar-refractivity contribution in [2.24, 2.45) is 0 Å². The lowest BCUT2D eigenvalue weighted by Gasteiger charge is -2.26. The smallest absolute Gasteiger partial charge is 0.251 e. The molecule has 1 aliphatic heterocycles. The minimum Gasteiger partial charge on any atom is -0.486 e. The zero-order valence-electron chi connectivity index (χ0n) is 17.0. The molecule has 0 aliphatic carbocycles. The summed E-state index contributed by atoms with van der Waals surface area (Å²) >= 11 is 1.71. The number of carbonyl (C=O) groups excluding carboxylic acids is 1. The van der Waals surface area contributed by atoms with Gasteiger partial charge in [0.2, 0.25) is 0 Å². The van der Waals surface area contributed by atoms with Crippen molar-refractivity contribution in [3.63, 3.8) is 0 Å². The van der Waals surface area contributed by atoms with Gasteiger partial charge in [0.05, 0.1) is 5.52 Å². The fraction of sp³-hybridized carbons (Fsp3) is 0.250. The largest absolute Gasteiger partial charge is 0.486 e. The van der Waals surface area contributed by atoms with Crippen LogP contribution in [0, 0.1) is 0 Å². The molecule has 1 amide bonds. The first-order chi connectivity index (χ1) is 15.2. The van der Waals surface area contributed by atoms with E-state index in [-0.39, 0.29) is 12.0 Å². The van der Waals surface area contributed by atoms with Gasteiger partial charge in [0.25, 0.3) is 5.91 Å². The molecule has 5 rings (SSSR count). The first-order valence-corrected chi connectivity index (χ1v) is 11.3. The summed E-state index contributed by atoms with van der Waals surface area (Å²) in [6, 6.07) is 17.5. The number of nitrogens with zero attached hydrogens (tertiary/aromatic N) is 2. The Labute approximate surface area is 184 Å². The molecule has 31 heavy (non-hydrogen) atoms. The highest BCUT2D eigenvalue weighted by atomic mass is 32.1. The first kappa shape index (κ1) is 19.6. The van der Waals surface area contributed by atoms with Crippen LogP contribution in [0.1, 0.15) is 21.7 Å². The monoisotopic (exact) mass is 433 g/mol. The van der Waals surface area contributed by atoms with Crippen LogP contribution in [-0.2, 0) is 13.0 Å². The lowest BCUT2D eigenvalue weighted by atomic mass is 10.1. The van der Waals surface area contributed by atoms with Gasteiger partial charge in [-0.3, -0.25) is 9.48 Å². The summed E-state index contributed by atoms with van der Waals surface area (Å²) in [6.45, 7) is 1.88. The predicted octanol–water partition coefficient (Wildman–Crippen LogP) is 4.30. The standard InChI is InChI=1S/C24H23N3O3S/c28-24(25-11-9-20-4-3-13-31-20)17-7-8-21-18(14-17)15-27(26-21)12-10-19-16-29-22-5-1-2-6-23(22)30-19/h1-8,13-15,19H,9-12,16H2,(H,25,28). The van der Waals surface area contributed by atoms with Gasteiger partial charge in [0.1, 0.15) is 12.7 Å². The number of hydrogen-bond acceptors (Lipinski definition) is 5. The van der Waals surface area contributed by atoms with Crippen molar-refractivity contribution in [3.05, 3.63) is 76.6 Å². The molecule has 7 heteroatoms. The quantitative estimate of drug-likeness (QED) is 0.472. The van der Waals surface area contributed by atoms with Crippen LogP contribution in [0.3, 0.4) is 0 Å². The van der Waals surface area contributed by atoms with Crippen molar-refractivity contribution >= 4 is 28.1 Å². The van der Waals surface area contributed by atoms with Gasteiger partial charge in [0.15, 0.2) is 11.5 Å². The van der Waals surface area contributed by atoms with Crippen molar-refractivity contribution in [1.82, 2.24) is 15.1 Å². The maximum atomic E-state index is 12.5. The topological polar surface area (TPSA) is 65.4 Å². The van der Waals surface area contributed by atoms with Gasteiger partial charge in [-0.1, -0.05) is 18.2 Å². The molecule has 6 nitrogen and oxygen atoms in total. The molecule has 0 fully saturated rings. The Bertz CT molecular complexity index is 1190. The zero-order chi connectivity index (χ0) is 21.0. The number of aromatic nitrogens is 2. The van der Waals surface area contributed by atoms with E-state index in [0.29, 0.717) is 25.3 Å². The molecule has 0 saturated carbocycles. The van der Waals surface area contributed by atoms with Crippen molar-refractivity contribution < 1.29 is 14.3 Å². The van der Waals surface area contributed by atoms with Crippen molar-refractivity contribution in [2.75, 3.05) is 13.2 Å². The van der Waals surface area contributed by atoms with Gasteiger partial charge >= 0.3 is 0 Å². The molecule has 1 atom stereocenters. The highest BCUT2D eigenvalue weighted by Gasteiger charge is 2.20. The molecule has 0 bridgehead atoms. The summed E-state index contributed by atoms with van der Waals surface area (Å²) in [7, 11) is 0. The summed E-state index contributed by atoms with van der Waals surface area (Å²) in [6.07, 6.45) is 3.61. The minimum atomic E-state index is -0.0578. The minimum absolute atomic E-state index is 0.00750. The third-order valence-electron chi connectivity index (χ3n) is 5.30. The number of amides is 1. The van der Waals surface area contributed by atoms with E-state index in [2.05, 4.69) is 21.9 Å². The molecule has 0 saturated heterocycles. The van der Waals surface area contributed by atoms with Gasteiger partial charge in [-0.25, -0.2) is 0 Å². The zero-order valence-corrected chi connectivity index (χ0v) is 17.8. The van der Waals surface area contributed by atoms with Gasteiger partial charge in [-0.05, 0) is 48.2 Å². The summed E-state index contributed by atoms with van der Waals surface area (Å²) in [4.78, 5) is 13.8. The number of nitrogens with one attached hydrogen (secondary N) is 1. The van der Waals surface area contributed by atoms with Gasteiger partial charge in [-0.2, -0.15) is 5.10 Å². The van der Waals surface area contributed by atoms with Gasteiger partial charge < -0.3 is 14.8 Å². The highest BCUT2D eigenvalue weighted by molar-refractivity contribution is 7.09. The molecule has 2 aromatic carbocycles. The Balaban J connectivity index is 1.18. The third-order valence-corrected chi connectivity index (χ3v) is 6.23. The average Bonchev–Trinajstić information content (AvgIpc) is 3.46. The second-order valence-electron chi connectivity index (χ2n) is 7.54. The van der Waals surface area contributed by atoms with Crippen LogP contribution >= 0.6 is 11.3 Å². The highest BCUT2D eigenvalue weighted by Crippen LogP contribution is 2.31. The maximum Gasteiger partial charge on any atom is 0.251 e. The van der Waals surface area contributed by atoms with E-state index in [1.54, 1.807) is 11.3 Å². The second-order valence-corrected chi connectivity index (χ2v) is 8.57.